The monoisotopic (exact) mass is 176 g/mol. The van der Waals surface area contributed by atoms with Crippen LogP contribution in [0.4, 0.5) is 0 Å². The van der Waals surface area contributed by atoms with Gasteiger partial charge in [-0.15, -0.1) is 0 Å². The molecule has 2 nitrogen and oxygen atoms in total. The molecule has 0 fully saturated rings. The van der Waals surface area contributed by atoms with Gasteiger partial charge in [-0.25, -0.2) is 4.79 Å². The van der Waals surface area contributed by atoms with Gasteiger partial charge in [0.05, 0.1) is 5.56 Å². The molecule has 1 aromatic carbocycles. The first kappa shape index (κ1) is 11.3. The van der Waals surface area contributed by atoms with Crippen molar-refractivity contribution in [3.63, 3.8) is 0 Å². The van der Waals surface area contributed by atoms with E-state index in [1.54, 1.807) is 18.2 Å². The molecule has 0 aromatic heterocycles. The van der Waals surface area contributed by atoms with E-state index >= 15 is 0 Å². The fourth-order valence-electron chi connectivity index (χ4n) is 0.778. The maximum absolute atomic E-state index is 10.4. The topological polar surface area (TPSA) is 37.3 Å². The number of hydrogen-bond donors (Lipinski definition) is 1. The predicted octanol–water partition coefficient (Wildman–Crippen LogP) is 1.04. The molecule has 54 valence electrons. The molecule has 0 aliphatic heterocycles. The molecule has 0 spiro atoms. The van der Waals surface area contributed by atoms with Crippen LogP contribution in [-0.2, 0) is 0 Å². The van der Waals surface area contributed by atoms with Gasteiger partial charge in [0.25, 0.3) is 0 Å². The van der Waals surface area contributed by atoms with Crippen molar-refractivity contribution in [2.75, 3.05) is 0 Å². The molecule has 0 unspecified atom stereocenters. The van der Waals surface area contributed by atoms with E-state index in [4.69, 9.17) is 5.11 Å². The van der Waals surface area contributed by atoms with E-state index < -0.39 is 5.97 Å². The van der Waals surface area contributed by atoms with E-state index in [1.165, 1.54) is 0 Å². The molecule has 0 saturated heterocycles. The summed E-state index contributed by atoms with van der Waals surface area (Å²) in [6, 6.07) is 6.82. The SMILES string of the molecule is Cc1cccc(C(=O)O)c1.[KH]. The van der Waals surface area contributed by atoms with Crippen LogP contribution >= 0.6 is 0 Å². The Balaban J connectivity index is 0.000001000. The molecule has 0 atom stereocenters. The van der Waals surface area contributed by atoms with Crippen molar-refractivity contribution in [1.82, 2.24) is 0 Å². The molecular formula is C8H9KO2. The summed E-state index contributed by atoms with van der Waals surface area (Å²) < 4.78 is 0. The second kappa shape index (κ2) is 5.06. The molecule has 11 heavy (non-hydrogen) atoms. The summed E-state index contributed by atoms with van der Waals surface area (Å²) in [4.78, 5) is 10.4. The van der Waals surface area contributed by atoms with E-state index in [9.17, 15) is 4.79 Å². The molecule has 0 amide bonds. The zero-order valence-electron chi connectivity index (χ0n) is 5.66. The average Bonchev–Trinajstić information content (AvgIpc) is 1.88. The van der Waals surface area contributed by atoms with Crippen molar-refractivity contribution < 1.29 is 9.90 Å². The van der Waals surface area contributed by atoms with Crippen molar-refractivity contribution in [1.29, 1.82) is 0 Å². The second-order valence-corrected chi connectivity index (χ2v) is 2.17. The van der Waals surface area contributed by atoms with Crippen LogP contribution in [0.15, 0.2) is 24.3 Å². The van der Waals surface area contributed by atoms with E-state index in [1.807, 2.05) is 13.0 Å². The Kier molecular flexibility index (Phi) is 5.21. The molecule has 0 radical (unpaired) electrons. The van der Waals surface area contributed by atoms with E-state index in [0.29, 0.717) is 5.56 Å². The van der Waals surface area contributed by atoms with Crippen LogP contribution < -0.4 is 0 Å². The van der Waals surface area contributed by atoms with Crippen LogP contribution in [0.5, 0.6) is 0 Å². The standard InChI is InChI=1S/C8H8O2.K.H/c1-6-3-2-4-7(5-6)8(9)10;;/h2-5H,1H3,(H,9,10);;. The van der Waals surface area contributed by atoms with Crippen molar-refractivity contribution >= 4 is 57.4 Å². The van der Waals surface area contributed by atoms with E-state index in [0.717, 1.165) is 5.56 Å². The molecule has 1 rings (SSSR count). The van der Waals surface area contributed by atoms with Gasteiger partial charge in [-0.05, 0) is 19.1 Å². The molecule has 0 aliphatic rings. The third kappa shape index (κ3) is 3.49. The molecule has 0 aliphatic carbocycles. The number of carboxylic acids is 1. The summed E-state index contributed by atoms with van der Waals surface area (Å²) >= 11 is 0. The predicted molar refractivity (Wildman–Crippen MR) is 45.3 cm³/mol. The Morgan fingerprint density at radius 1 is 1.45 bits per heavy atom. The van der Waals surface area contributed by atoms with Gasteiger partial charge in [0.1, 0.15) is 0 Å². The normalized spacial score (nSPS) is 8.45. The number of hydrogen-bond acceptors (Lipinski definition) is 1. The average molecular weight is 176 g/mol. The van der Waals surface area contributed by atoms with E-state index in [-0.39, 0.29) is 51.4 Å². The fourth-order valence-corrected chi connectivity index (χ4v) is 0.778. The Morgan fingerprint density at radius 3 is 2.45 bits per heavy atom. The van der Waals surface area contributed by atoms with Crippen LogP contribution in [0.3, 0.4) is 0 Å². The second-order valence-electron chi connectivity index (χ2n) is 2.17. The number of carbonyl (C=O) groups is 1. The van der Waals surface area contributed by atoms with Gasteiger partial charge in [-0.2, -0.15) is 0 Å². The Labute approximate surface area is 108 Å². The van der Waals surface area contributed by atoms with Gasteiger partial charge in [0.2, 0.25) is 0 Å². The van der Waals surface area contributed by atoms with Gasteiger partial charge >= 0.3 is 57.4 Å². The van der Waals surface area contributed by atoms with Crippen LogP contribution in [-0.4, -0.2) is 62.5 Å². The zero-order valence-corrected chi connectivity index (χ0v) is 5.66. The number of rotatable bonds is 1. The first-order valence-corrected chi connectivity index (χ1v) is 3.00. The van der Waals surface area contributed by atoms with Gasteiger partial charge < -0.3 is 5.11 Å². The first-order valence-electron chi connectivity index (χ1n) is 3.00. The summed E-state index contributed by atoms with van der Waals surface area (Å²) in [6.45, 7) is 1.87. The van der Waals surface area contributed by atoms with Gasteiger partial charge in [-0.3, -0.25) is 0 Å². The summed E-state index contributed by atoms with van der Waals surface area (Å²) in [5.41, 5.74) is 1.32. The van der Waals surface area contributed by atoms with Crippen LogP contribution in [0.2, 0.25) is 0 Å². The van der Waals surface area contributed by atoms with Crippen molar-refractivity contribution in [2.45, 2.75) is 6.92 Å². The quantitative estimate of drug-likeness (QED) is 0.649. The maximum atomic E-state index is 10.4. The Morgan fingerprint density at radius 2 is 2.09 bits per heavy atom. The minimum absolute atomic E-state index is 0. The summed E-state index contributed by atoms with van der Waals surface area (Å²) in [5, 5.41) is 8.51. The summed E-state index contributed by atoms with van der Waals surface area (Å²) in [6.07, 6.45) is 0. The van der Waals surface area contributed by atoms with Gasteiger partial charge in [0, 0.05) is 0 Å². The van der Waals surface area contributed by atoms with Crippen LogP contribution in [0.25, 0.3) is 0 Å². The number of aryl methyl sites for hydroxylation is 1. The van der Waals surface area contributed by atoms with Gasteiger partial charge in [-0.1, -0.05) is 17.7 Å². The molecular weight excluding hydrogens is 167 g/mol. The van der Waals surface area contributed by atoms with Crippen LogP contribution in [0, 0.1) is 6.92 Å². The molecule has 1 N–H and O–H groups in total. The molecule has 1 aromatic rings. The number of benzene rings is 1. The first-order chi connectivity index (χ1) is 4.70. The van der Waals surface area contributed by atoms with Crippen molar-refractivity contribution in [2.24, 2.45) is 0 Å². The Hall–Kier alpha value is 0.326. The zero-order chi connectivity index (χ0) is 7.56. The summed E-state index contributed by atoms with van der Waals surface area (Å²) in [7, 11) is 0. The molecule has 3 heteroatoms. The molecule has 0 heterocycles. The number of carboxylic acid groups (broad SMARTS) is 1. The molecule has 0 bridgehead atoms. The van der Waals surface area contributed by atoms with Gasteiger partial charge in [0.15, 0.2) is 0 Å². The third-order valence-corrected chi connectivity index (χ3v) is 1.27. The Bertz CT molecular complexity index is 258. The fraction of sp³-hybridized carbons (Fsp3) is 0.125. The van der Waals surface area contributed by atoms with Crippen molar-refractivity contribution in [3.05, 3.63) is 35.4 Å². The van der Waals surface area contributed by atoms with Crippen molar-refractivity contribution in [3.8, 4) is 0 Å². The van der Waals surface area contributed by atoms with Crippen LogP contribution in [0.1, 0.15) is 15.9 Å². The third-order valence-electron chi connectivity index (χ3n) is 1.27. The molecule has 0 saturated carbocycles. The number of aromatic carboxylic acids is 1. The summed E-state index contributed by atoms with van der Waals surface area (Å²) in [5.74, 6) is -0.872. The minimum atomic E-state index is -0.872. The van der Waals surface area contributed by atoms with E-state index in [2.05, 4.69) is 0 Å².